The first-order chi connectivity index (χ1) is 17.5. The van der Waals surface area contributed by atoms with Gasteiger partial charge in [-0.3, -0.25) is 4.79 Å². The van der Waals surface area contributed by atoms with Gasteiger partial charge in [0.15, 0.2) is 17.7 Å². The smallest absolute Gasteiger partial charge is 0.306 e. The molecule has 3 saturated heterocycles. The van der Waals surface area contributed by atoms with E-state index in [9.17, 15) is 20.1 Å². The topological polar surface area (TPSA) is 152 Å². The second-order valence-corrected chi connectivity index (χ2v) is 10.7. The highest BCUT2D eigenvalue weighted by atomic mass is 17.2. The molecule has 3 fully saturated rings. The zero-order chi connectivity index (χ0) is 27.2. The van der Waals surface area contributed by atoms with E-state index in [1.54, 1.807) is 13.8 Å². The lowest BCUT2D eigenvalue weighted by molar-refractivity contribution is -0.430. The van der Waals surface area contributed by atoms with Gasteiger partial charge in [-0.2, -0.15) is 0 Å². The minimum atomic E-state index is -1.55. The van der Waals surface area contributed by atoms with E-state index in [1.807, 2.05) is 13.8 Å². The van der Waals surface area contributed by atoms with Crippen molar-refractivity contribution < 1.29 is 58.3 Å². The Balaban J connectivity index is 1.57. The highest BCUT2D eigenvalue weighted by Gasteiger charge is 2.51. The fraction of sp³-hybridized carbons (Fsp3) is 0.960. The van der Waals surface area contributed by atoms with Crippen LogP contribution in [0.2, 0.25) is 0 Å². The average molecular weight is 537 g/mol. The lowest BCUT2D eigenvalue weighted by Crippen LogP contribution is -2.60. The molecular formula is C25H44O12. The van der Waals surface area contributed by atoms with Crippen LogP contribution in [0.4, 0.5) is 0 Å². The van der Waals surface area contributed by atoms with Gasteiger partial charge in [0.1, 0.15) is 43.2 Å². The van der Waals surface area contributed by atoms with Gasteiger partial charge >= 0.3 is 5.97 Å². The van der Waals surface area contributed by atoms with Crippen LogP contribution in [-0.2, 0) is 43.0 Å². The van der Waals surface area contributed by atoms with E-state index >= 15 is 0 Å². The molecule has 3 aliphatic rings. The monoisotopic (exact) mass is 536 g/mol. The van der Waals surface area contributed by atoms with E-state index in [1.165, 1.54) is 0 Å². The highest BCUT2D eigenvalue weighted by Crippen LogP contribution is 2.36. The molecule has 0 aromatic rings. The molecule has 0 saturated carbocycles. The number of hydrogen-bond donors (Lipinski definition) is 3. The Labute approximate surface area is 218 Å². The average Bonchev–Trinajstić information content (AvgIpc) is 3.35. The molecule has 0 radical (unpaired) electrons. The van der Waals surface area contributed by atoms with Crippen molar-refractivity contribution in [3.63, 3.8) is 0 Å². The molecule has 0 aromatic heterocycles. The number of ether oxygens (including phenoxy) is 6. The van der Waals surface area contributed by atoms with E-state index in [2.05, 4.69) is 6.92 Å². The molecule has 216 valence electrons. The van der Waals surface area contributed by atoms with Gasteiger partial charge in [-0.25, -0.2) is 9.78 Å². The number of aliphatic hydroxyl groups excluding tert-OH is 3. The molecular weight excluding hydrogens is 492 g/mol. The number of rotatable bonds is 13. The summed E-state index contributed by atoms with van der Waals surface area (Å²) < 4.78 is 34.5. The lowest BCUT2D eigenvalue weighted by atomic mass is 9.99. The van der Waals surface area contributed by atoms with Gasteiger partial charge in [0, 0.05) is 6.42 Å². The molecule has 0 aromatic carbocycles. The molecule has 37 heavy (non-hydrogen) atoms. The fourth-order valence-corrected chi connectivity index (χ4v) is 4.70. The van der Waals surface area contributed by atoms with E-state index in [-0.39, 0.29) is 13.0 Å². The van der Waals surface area contributed by atoms with Crippen molar-refractivity contribution in [3.8, 4) is 0 Å². The van der Waals surface area contributed by atoms with E-state index in [0.29, 0.717) is 13.0 Å². The summed E-state index contributed by atoms with van der Waals surface area (Å²) in [7, 11) is 0. The van der Waals surface area contributed by atoms with Crippen LogP contribution in [0.15, 0.2) is 0 Å². The molecule has 0 amide bonds. The minimum absolute atomic E-state index is 0.102. The van der Waals surface area contributed by atoms with Crippen molar-refractivity contribution in [2.24, 2.45) is 0 Å². The first-order valence-electron chi connectivity index (χ1n) is 13.2. The van der Waals surface area contributed by atoms with Gasteiger partial charge in [0.05, 0.1) is 13.2 Å². The number of hydrogen-bond acceptors (Lipinski definition) is 12. The third-order valence-corrected chi connectivity index (χ3v) is 6.59. The summed E-state index contributed by atoms with van der Waals surface area (Å²) in [6.45, 7) is 8.91. The molecule has 12 heteroatoms. The Morgan fingerprint density at radius 2 is 1.68 bits per heavy atom. The molecule has 3 aliphatic heterocycles. The Morgan fingerprint density at radius 3 is 2.32 bits per heavy atom. The zero-order valence-electron chi connectivity index (χ0n) is 22.5. The van der Waals surface area contributed by atoms with Crippen molar-refractivity contribution in [2.45, 2.75) is 134 Å². The Morgan fingerprint density at radius 1 is 0.946 bits per heavy atom. The van der Waals surface area contributed by atoms with Crippen molar-refractivity contribution >= 4 is 5.97 Å². The van der Waals surface area contributed by atoms with Crippen LogP contribution in [-0.4, -0.2) is 102 Å². The molecule has 0 aliphatic carbocycles. The summed E-state index contributed by atoms with van der Waals surface area (Å²) in [6.07, 6.45) is -3.52. The third-order valence-electron chi connectivity index (χ3n) is 6.59. The van der Waals surface area contributed by atoms with Crippen LogP contribution in [0.1, 0.15) is 73.1 Å². The Bertz CT molecular complexity index is 716. The van der Waals surface area contributed by atoms with Gasteiger partial charge < -0.3 is 43.7 Å². The summed E-state index contributed by atoms with van der Waals surface area (Å²) >= 11 is 0. The van der Waals surface area contributed by atoms with Crippen molar-refractivity contribution in [2.75, 3.05) is 19.8 Å². The van der Waals surface area contributed by atoms with Crippen LogP contribution in [0, 0.1) is 0 Å². The maximum Gasteiger partial charge on any atom is 0.306 e. The van der Waals surface area contributed by atoms with Crippen LogP contribution in [0.5, 0.6) is 0 Å². The summed E-state index contributed by atoms with van der Waals surface area (Å²) in [6, 6.07) is 0. The fourth-order valence-electron chi connectivity index (χ4n) is 4.70. The zero-order valence-corrected chi connectivity index (χ0v) is 22.5. The van der Waals surface area contributed by atoms with Crippen LogP contribution in [0.3, 0.4) is 0 Å². The summed E-state index contributed by atoms with van der Waals surface area (Å²) in [5.74, 6) is -2.20. The third kappa shape index (κ3) is 8.53. The molecule has 0 unspecified atom stereocenters. The summed E-state index contributed by atoms with van der Waals surface area (Å²) in [5, 5.41) is 30.4. The first kappa shape index (κ1) is 30.6. The van der Waals surface area contributed by atoms with Crippen molar-refractivity contribution in [1.29, 1.82) is 0 Å². The quantitative estimate of drug-likeness (QED) is 0.135. The molecule has 12 nitrogen and oxygen atoms in total. The van der Waals surface area contributed by atoms with Crippen molar-refractivity contribution in [3.05, 3.63) is 0 Å². The maximum atomic E-state index is 12.4. The minimum Gasteiger partial charge on any atom is -0.454 e. The second kappa shape index (κ2) is 13.4. The predicted octanol–water partition coefficient (Wildman–Crippen LogP) is 1.32. The maximum absolute atomic E-state index is 12.4. The molecule has 3 heterocycles. The van der Waals surface area contributed by atoms with Gasteiger partial charge in [-0.05, 0) is 34.1 Å². The lowest BCUT2D eigenvalue weighted by Gasteiger charge is -2.40. The SMILES string of the molecule is CCCCCCCC(=O)O[C@@H]1[C@H](OOC[C@H]2OC(C)(C)O[C@@H]2[C@H]2COC(C)(C)O2)O[C@H](CO)[C@@H](O)[C@@H]1O. The number of carbonyl (C=O) groups excluding carboxylic acids is 1. The largest absolute Gasteiger partial charge is 0.454 e. The molecule has 0 bridgehead atoms. The van der Waals surface area contributed by atoms with E-state index in [0.717, 1.165) is 25.7 Å². The number of esters is 1. The summed E-state index contributed by atoms with van der Waals surface area (Å²) in [5.41, 5.74) is 0. The predicted molar refractivity (Wildman–Crippen MR) is 127 cm³/mol. The number of aliphatic hydroxyl groups is 3. The van der Waals surface area contributed by atoms with Crippen LogP contribution >= 0.6 is 0 Å². The van der Waals surface area contributed by atoms with Gasteiger partial charge in [0.25, 0.3) is 0 Å². The van der Waals surface area contributed by atoms with Gasteiger partial charge in [-0.15, -0.1) is 0 Å². The van der Waals surface area contributed by atoms with Gasteiger partial charge in [-0.1, -0.05) is 32.6 Å². The standard InChI is InChI=1S/C25H44O12/c1-6-7-8-9-10-11-18(27)33-22-20(29)19(28)15(12-26)32-23(22)37-31-14-17-21(36-25(4,5)35-17)16-13-30-24(2,3)34-16/h15-17,19-23,26,28-29H,6-14H2,1-5H3/t15-,16-,17-,19-,20+,21-,22+,23+/m1/s1. The Kier molecular flexibility index (Phi) is 11.1. The number of unbranched alkanes of at least 4 members (excludes halogenated alkanes) is 4. The van der Waals surface area contributed by atoms with E-state index < -0.39 is 73.2 Å². The summed E-state index contributed by atoms with van der Waals surface area (Å²) in [4.78, 5) is 23.2. The van der Waals surface area contributed by atoms with Crippen molar-refractivity contribution in [1.82, 2.24) is 0 Å². The molecule has 8 atom stereocenters. The van der Waals surface area contributed by atoms with E-state index in [4.69, 9.17) is 38.2 Å². The van der Waals surface area contributed by atoms with Gasteiger partial charge in [0.2, 0.25) is 6.29 Å². The molecule has 3 rings (SSSR count). The first-order valence-corrected chi connectivity index (χ1v) is 13.2. The highest BCUT2D eigenvalue weighted by molar-refractivity contribution is 5.69. The number of carbonyl (C=O) groups is 1. The van der Waals surface area contributed by atoms with Crippen LogP contribution < -0.4 is 0 Å². The Hall–Kier alpha value is -0.930. The second-order valence-electron chi connectivity index (χ2n) is 10.7. The normalized spacial score (nSPS) is 37.1. The van der Waals surface area contributed by atoms with Crippen LogP contribution in [0.25, 0.3) is 0 Å². The molecule has 3 N–H and O–H groups in total. The molecule has 0 spiro atoms.